The normalized spacial score (nSPS) is 15.1. The minimum Gasteiger partial charge on any atom is -0.372 e. The third kappa shape index (κ3) is 4.90. The minimum absolute atomic E-state index is 0.0348. The van der Waals surface area contributed by atoms with Crippen LogP contribution < -0.4 is 0 Å². The van der Waals surface area contributed by atoms with Crippen molar-refractivity contribution in [3.63, 3.8) is 0 Å². The van der Waals surface area contributed by atoms with Gasteiger partial charge in [-0.25, -0.2) is 4.21 Å². The number of aryl methyl sites for hydroxylation is 3. The van der Waals surface area contributed by atoms with Crippen LogP contribution >= 0.6 is 0 Å². The number of rotatable bonds is 7. The Kier molecular flexibility index (Phi) is 6.75. The van der Waals surface area contributed by atoms with E-state index in [0.29, 0.717) is 29.4 Å². The van der Waals surface area contributed by atoms with Crippen molar-refractivity contribution in [3.05, 3.63) is 88.5 Å². The first-order chi connectivity index (χ1) is 15.7. The number of hydrogen-bond acceptors (Lipinski definition) is 4. The van der Waals surface area contributed by atoms with E-state index >= 15 is 0 Å². The fourth-order valence-corrected chi connectivity index (χ4v) is 8.07. The fraction of sp³-hybridized carbons (Fsp3) is 0.308. The van der Waals surface area contributed by atoms with Crippen molar-refractivity contribution in [1.82, 2.24) is 0 Å². The van der Waals surface area contributed by atoms with Crippen LogP contribution in [0.4, 0.5) is 0 Å². The summed E-state index contributed by atoms with van der Waals surface area (Å²) < 4.78 is 51.2. The maximum Gasteiger partial charge on any atom is 0.290 e. The summed E-state index contributed by atoms with van der Waals surface area (Å²) in [5.41, 5.74) is 4.81. The molecule has 0 aromatic heterocycles. The fourth-order valence-electron chi connectivity index (χ4n) is 3.90. The third-order valence-electron chi connectivity index (χ3n) is 5.86. The molecule has 3 aromatic carbocycles. The topological polar surface area (TPSA) is 72.8 Å². The van der Waals surface area contributed by atoms with Crippen LogP contribution in [0.15, 0.2) is 79.1 Å². The standard InChI is InChI=1S/C26H29NO4S2/c1-4-5-6-21-15-22-17-31-18-23(22)16-26(21)32(28,24-11-7-19(2)8-12-24)27-33(29,30)25-13-9-20(3)10-14-25/h7-16H,4-6,17-18H2,1-3H3/t32-/m0/s1. The largest absolute Gasteiger partial charge is 0.372 e. The van der Waals surface area contributed by atoms with Gasteiger partial charge in [0.25, 0.3) is 10.0 Å². The SMILES string of the molecule is CCCCc1cc2c(cc1[S@](=O)(=NS(=O)(=O)c1ccc(C)cc1)c1ccc(C)cc1)COC2. The number of unbranched alkanes of at least 4 members (excludes halogenated alkanes) is 1. The van der Waals surface area contributed by atoms with Gasteiger partial charge in [-0.15, -0.1) is 0 Å². The molecule has 1 aliphatic heterocycles. The molecule has 0 bridgehead atoms. The van der Waals surface area contributed by atoms with Gasteiger partial charge in [-0.1, -0.05) is 58.6 Å². The maximum absolute atomic E-state index is 14.8. The van der Waals surface area contributed by atoms with E-state index < -0.39 is 19.8 Å². The molecule has 0 spiro atoms. The Balaban J connectivity index is 2.01. The second-order valence-electron chi connectivity index (χ2n) is 8.53. The number of hydrogen-bond donors (Lipinski definition) is 0. The molecular weight excluding hydrogens is 454 g/mol. The summed E-state index contributed by atoms with van der Waals surface area (Å²) in [7, 11) is -7.65. The summed E-state index contributed by atoms with van der Waals surface area (Å²) in [5, 5.41) is 0. The molecule has 0 saturated heterocycles. The second-order valence-corrected chi connectivity index (χ2v) is 12.5. The van der Waals surface area contributed by atoms with Crippen LogP contribution in [-0.4, -0.2) is 12.6 Å². The number of sulfonamides is 1. The Labute approximate surface area is 197 Å². The lowest BCUT2D eigenvalue weighted by Crippen LogP contribution is -2.11. The highest BCUT2D eigenvalue weighted by Crippen LogP contribution is 2.34. The highest BCUT2D eigenvalue weighted by Gasteiger charge is 2.27. The summed E-state index contributed by atoms with van der Waals surface area (Å²) in [6.45, 7) is 6.85. The Morgan fingerprint density at radius 3 is 1.94 bits per heavy atom. The quantitative estimate of drug-likeness (QED) is 0.416. The molecule has 3 aromatic rings. The first-order valence-electron chi connectivity index (χ1n) is 11.1. The van der Waals surface area contributed by atoms with Gasteiger partial charge in [0, 0.05) is 0 Å². The molecule has 0 aliphatic carbocycles. The molecule has 1 atom stereocenters. The van der Waals surface area contributed by atoms with Crippen LogP contribution in [-0.2, 0) is 44.1 Å². The number of nitrogens with zero attached hydrogens (tertiary/aromatic N) is 1. The van der Waals surface area contributed by atoms with E-state index in [9.17, 15) is 12.6 Å². The van der Waals surface area contributed by atoms with Crippen molar-refractivity contribution in [2.24, 2.45) is 3.77 Å². The van der Waals surface area contributed by atoms with Crippen molar-refractivity contribution in [3.8, 4) is 0 Å². The molecule has 1 heterocycles. The first kappa shape index (κ1) is 23.7. The summed E-state index contributed by atoms with van der Waals surface area (Å²) in [5.74, 6) is 0. The highest BCUT2D eigenvalue weighted by molar-refractivity contribution is 8.03. The average Bonchev–Trinajstić information content (AvgIpc) is 3.25. The van der Waals surface area contributed by atoms with E-state index in [1.807, 2.05) is 38.1 Å². The lowest BCUT2D eigenvalue weighted by Gasteiger charge is -2.17. The van der Waals surface area contributed by atoms with E-state index in [1.54, 1.807) is 24.3 Å². The zero-order chi connectivity index (χ0) is 23.6. The molecule has 1 aliphatic rings. The molecule has 174 valence electrons. The molecule has 0 N–H and O–H groups in total. The Bertz CT molecular complexity index is 1380. The second kappa shape index (κ2) is 9.41. The Morgan fingerprint density at radius 1 is 0.818 bits per heavy atom. The van der Waals surface area contributed by atoms with Gasteiger partial charge in [-0.05, 0) is 73.7 Å². The predicted octanol–water partition coefficient (Wildman–Crippen LogP) is 5.95. The maximum atomic E-state index is 14.8. The van der Waals surface area contributed by atoms with Gasteiger partial charge in [0.2, 0.25) is 0 Å². The van der Waals surface area contributed by atoms with E-state index in [-0.39, 0.29) is 4.90 Å². The zero-order valence-electron chi connectivity index (χ0n) is 19.2. The summed E-state index contributed by atoms with van der Waals surface area (Å²) in [4.78, 5) is 0.896. The predicted molar refractivity (Wildman–Crippen MR) is 130 cm³/mol. The van der Waals surface area contributed by atoms with Gasteiger partial charge >= 0.3 is 0 Å². The lowest BCUT2D eigenvalue weighted by atomic mass is 10.0. The van der Waals surface area contributed by atoms with E-state index in [4.69, 9.17) is 4.74 Å². The molecule has 7 heteroatoms. The van der Waals surface area contributed by atoms with Crippen molar-refractivity contribution >= 4 is 19.8 Å². The van der Waals surface area contributed by atoms with Crippen LogP contribution in [0.1, 0.15) is 47.6 Å². The number of fused-ring (bicyclic) bond motifs is 1. The average molecular weight is 484 g/mol. The van der Waals surface area contributed by atoms with E-state index in [1.165, 1.54) is 12.1 Å². The van der Waals surface area contributed by atoms with Gasteiger partial charge in [-0.2, -0.15) is 8.42 Å². The summed E-state index contributed by atoms with van der Waals surface area (Å²) in [6, 6.07) is 17.5. The summed E-state index contributed by atoms with van der Waals surface area (Å²) in [6.07, 6.45) is 2.57. The molecule has 0 unspecified atom stereocenters. The molecule has 4 rings (SSSR count). The molecule has 0 fully saturated rings. The van der Waals surface area contributed by atoms with Crippen LogP contribution in [0.25, 0.3) is 0 Å². The Morgan fingerprint density at radius 2 is 1.36 bits per heavy atom. The number of ether oxygens (including phenoxy) is 1. The van der Waals surface area contributed by atoms with E-state index in [2.05, 4.69) is 10.7 Å². The minimum atomic E-state index is -4.17. The molecule has 0 radical (unpaired) electrons. The van der Waals surface area contributed by atoms with Crippen molar-refractivity contribution in [2.75, 3.05) is 0 Å². The number of benzene rings is 3. The molecule has 33 heavy (non-hydrogen) atoms. The molecule has 0 amide bonds. The van der Waals surface area contributed by atoms with Gasteiger partial charge in [-0.3, -0.25) is 0 Å². The molecular formula is C26H29NO4S2. The van der Waals surface area contributed by atoms with Crippen LogP contribution in [0.3, 0.4) is 0 Å². The van der Waals surface area contributed by atoms with Crippen LogP contribution in [0, 0.1) is 13.8 Å². The van der Waals surface area contributed by atoms with Gasteiger partial charge in [0.15, 0.2) is 0 Å². The third-order valence-corrected chi connectivity index (χ3v) is 10.2. The van der Waals surface area contributed by atoms with Gasteiger partial charge < -0.3 is 4.74 Å². The smallest absolute Gasteiger partial charge is 0.290 e. The van der Waals surface area contributed by atoms with E-state index in [0.717, 1.165) is 40.7 Å². The molecule has 5 nitrogen and oxygen atoms in total. The summed E-state index contributed by atoms with van der Waals surface area (Å²) >= 11 is 0. The van der Waals surface area contributed by atoms with Crippen molar-refractivity contribution in [2.45, 2.75) is 67.9 Å². The highest BCUT2D eigenvalue weighted by atomic mass is 32.3. The molecule has 0 saturated carbocycles. The van der Waals surface area contributed by atoms with Crippen LogP contribution in [0.2, 0.25) is 0 Å². The monoisotopic (exact) mass is 483 g/mol. The van der Waals surface area contributed by atoms with Crippen molar-refractivity contribution < 1.29 is 17.4 Å². The van der Waals surface area contributed by atoms with Crippen molar-refractivity contribution in [1.29, 1.82) is 0 Å². The van der Waals surface area contributed by atoms with Crippen LogP contribution in [0.5, 0.6) is 0 Å². The first-order valence-corrected chi connectivity index (χ1v) is 14.1. The van der Waals surface area contributed by atoms with Gasteiger partial charge in [0.05, 0.1) is 27.9 Å². The Hall–Kier alpha value is -2.48. The lowest BCUT2D eigenvalue weighted by molar-refractivity contribution is 0.134. The van der Waals surface area contributed by atoms with Gasteiger partial charge in [0.1, 0.15) is 9.73 Å². The zero-order valence-corrected chi connectivity index (χ0v) is 20.8.